The zero-order valence-corrected chi connectivity index (χ0v) is 13.3. The summed E-state index contributed by atoms with van der Waals surface area (Å²) < 4.78 is 13.2. The molecule has 0 saturated heterocycles. The van der Waals surface area contributed by atoms with Crippen molar-refractivity contribution in [2.75, 3.05) is 19.6 Å². The number of nitrogens with zero attached hydrogens (tertiary/aromatic N) is 1. The average molecular weight is 400 g/mol. The van der Waals surface area contributed by atoms with Crippen LogP contribution in [0.15, 0.2) is 23.2 Å². The maximum atomic E-state index is 13.2. The van der Waals surface area contributed by atoms with E-state index in [1.807, 2.05) is 0 Å². The Morgan fingerprint density at radius 2 is 2.32 bits per heavy atom. The molecule has 0 aromatic heterocycles. The van der Waals surface area contributed by atoms with Crippen molar-refractivity contribution in [2.45, 2.75) is 12.5 Å². The first-order valence-electron chi connectivity index (χ1n) is 5.82. The molecule has 4 nitrogen and oxygen atoms in total. The van der Waals surface area contributed by atoms with E-state index in [9.17, 15) is 9.50 Å². The largest absolute Gasteiger partial charge is 0.387 e. The molecule has 1 aromatic carbocycles. The van der Waals surface area contributed by atoms with Crippen LogP contribution in [0.2, 0.25) is 5.02 Å². The molecular formula is C12H16ClFIN3O. The van der Waals surface area contributed by atoms with E-state index in [1.165, 1.54) is 12.1 Å². The molecule has 0 aliphatic carbocycles. The highest BCUT2D eigenvalue weighted by atomic mass is 127. The van der Waals surface area contributed by atoms with E-state index in [0.717, 1.165) is 19.5 Å². The molecule has 1 aliphatic heterocycles. The summed E-state index contributed by atoms with van der Waals surface area (Å²) in [7, 11) is 0. The molecule has 0 spiro atoms. The smallest absolute Gasteiger partial charge is 0.191 e. The molecule has 1 heterocycles. The van der Waals surface area contributed by atoms with Gasteiger partial charge in [-0.25, -0.2) is 4.39 Å². The third-order valence-electron chi connectivity index (χ3n) is 2.69. The standard InChI is InChI=1S/C12H15ClFN3O.HI/c13-9-3-2-8(6-10(9)14)11(18)7-17-12-15-4-1-5-16-12;/h2-3,6,11,18H,1,4-5,7H2,(H2,15,16,17);1H. The van der Waals surface area contributed by atoms with Gasteiger partial charge in [0.25, 0.3) is 0 Å². The van der Waals surface area contributed by atoms with Crippen LogP contribution in [0.4, 0.5) is 4.39 Å². The number of aliphatic hydroxyl groups is 1. The monoisotopic (exact) mass is 399 g/mol. The first kappa shape index (κ1) is 16.5. The average Bonchev–Trinajstić information content (AvgIpc) is 2.40. The first-order chi connectivity index (χ1) is 8.66. The van der Waals surface area contributed by atoms with Gasteiger partial charge in [-0.05, 0) is 24.1 Å². The highest BCUT2D eigenvalue weighted by Gasteiger charge is 2.11. The fourth-order valence-electron chi connectivity index (χ4n) is 1.68. The number of guanidine groups is 1. The highest BCUT2D eigenvalue weighted by molar-refractivity contribution is 14.0. The van der Waals surface area contributed by atoms with Crippen molar-refractivity contribution in [3.63, 3.8) is 0 Å². The van der Waals surface area contributed by atoms with Crippen LogP contribution in [0, 0.1) is 5.82 Å². The second-order valence-corrected chi connectivity index (χ2v) is 4.49. The van der Waals surface area contributed by atoms with Crippen LogP contribution < -0.4 is 10.6 Å². The molecule has 3 N–H and O–H groups in total. The second kappa shape index (κ2) is 7.86. The molecule has 1 aromatic rings. The van der Waals surface area contributed by atoms with Gasteiger partial charge in [-0.15, -0.1) is 24.0 Å². The summed E-state index contributed by atoms with van der Waals surface area (Å²) in [5.41, 5.74) is 0.487. The van der Waals surface area contributed by atoms with Gasteiger partial charge in [0.15, 0.2) is 5.96 Å². The molecule has 1 aliphatic rings. The number of benzene rings is 1. The number of hydrogen-bond donors (Lipinski definition) is 3. The van der Waals surface area contributed by atoms with Crippen molar-refractivity contribution in [3.8, 4) is 0 Å². The number of rotatable bonds is 3. The van der Waals surface area contributed by atoms with Crippen molar-refractivity contribution in [2.24, 2.45) is 4.99 Å². The normalized spacial score (nSPS) is 15.8. The minimum atomic E-state index is -0.803. The molecule has 0 bridgehead atoms. The lowest BCUT2D eigenvalue weighted by molar-refractivity contribution is 0.180. The minimum absolute atomic E-state index is 0. The Hall–Kier alpha value is -0.600. The molecular weight excluding hydrogens is 384 g/mol. The highest BCUT2D eigenvalue weighted by Crippen LogP contribution is 2.19. The molecule has 2 rings (SSSR count). The summed E-state index contributed by atoms with van der Waals surface area (Å²) in [5.74, 6) is 0.149. The fraction of sp³-hybridized carbons (Fsp3) is 0.417. The quantitative estimate of drug-likeness (QED) is 0.682. The van der Waals surface area contributed by atoms with Crippen LogP contribution >= 0.6 is 35.6 Å². The third-order valence-corrected chi connectivity index (χ3v) is 3.00. The van der Waals surface area contributed by atoms with Crippen molar-refractivity contribution in [1.29, 1.82) is 0 Å². The molecule has 0 amide bonds. The first-order valence-corrected chi connectivity index (χ1v) is 6.20. The van der Waals surface area contributed by atoms with Gasteiger partial charge in [0.2, 0.25) is 0 Å². The maximum absolute atomic E-state index is 13.2. The Balaban J connectivity index is 0.00000180. The minimum Gasteiger partial charge on any atom is -0.387 e. The van der Waals surface area contributed by atoms with Crippen molar-refractivity contribution in [3.05, 3.63) is 34.6 Å². The van der Waals surface area contributed by atoms with Crippen LogP contribution in [0.25, 0.3) is 0 Å². The fourth-order valence-corrected chi connectivity index (χ4v) is 1.80. The van der Waals surface area contributed by atoms with Gasteiger partial charge in [-0.1, -0.05) is 17.7 Å². The molecule has 1 unspecified atom stereocenters. The van der Waals surface area contributed by atoms with Gasteiger partial charge in [0, 0.05) is 19.6 Å². The van der Waals surface area contributed by atoms with Gasteiger partial charge in [-0.2, -0.15) is 0 Å². The SMILES string of the molecule is I.OC(CNC1=NCCCN1)c1ccc(Cl)c(F)c1. The maximum Gasteiger partial charge on any atom is 0.191 e. The lowest BCUT2D eigenvalue weighted by atomic mass is 10.1. The molecule has 0 fully saturated rings. The van der Waals surface area contributed by atoms with Crippen LogP contribution in [-0.4, -0.2) is 30.7 Å². The van der Waals surface area contributed by atoms with Gasteiger partial charge < -0.3 is 15.7 Å². The number of aliphatic hydroxyl groups excluding tert-OH is 1. The van der Waals surface area contributed by atoms with E-state index in [0.29, 0.717) is 11.5 Å². The Morgan fingerprint density at radius 3 is 2.95 bits per heavy atom. The Bertz CT molecular complexity index is 459. The van der Waals surface area contributed by atoms with Crippen molar-refractivity contribution < 1.29 is 9.50 Å². The molecule has 7 heteroatoms. The van der Waals surface area contributed by atoms with E-state index in [-0.39, 0.29) is 35.5 Å². The van der Waals surface area contributed by atoms with Crippen molar-refractivity contribution >= 4 is 41.5 Å². The van der Waals surface area contributed by atoms with Crippen molar-refractivity contribution in [1.82, 2.24) is 10.6 Å². The van der Waals surface area contributed by atoms with E-state index >= 15 is 0 Å². The summed E-state index contributed by atoms with van der Waals surface area (Å²) in [5, 5.41) is 16.0. The number of aliphatic imine (C=N–C) groups is 1. The summed E-state index contributed by atoms with van der Waals surface area (Å²) in [6.07, 6.45) is 0.207. The number of nitrogens with one attached hydrogen (secondary N) is 2. The number of halogens is 3. The van der Waals surface area contributed by atoms with Gasteiger partial charge in [0.05, 0.1) is 11.1 Å². The zero-order valence-electron chi connectivity index (χ0n) is 10.2. The van der Waals surface area contributed by atoms with E-state index < -0.39 is 11.9 Å². The Kier molecular flexibility index (Phi) is 6.81. The lowest BCUT2D eigenvalue weighted by Gasteiger charge is -2.18. The summed E-state index contributed by atoms with van der Waals surface area (Å²) in [6.45, 7) is 1.92. The van der Waals surface area contributed by atoms with Crippen LogP contribution in [0.3, 0.4) is 0 Å². The lowest BCUT2D eigenvalue weighted by Crippen LogP contribution is -2.42. The Labute approximate surface area is 133 Å². The van der Waals surface area contributed by atoms with E-state index in [1.54, 1.807) is 6.07 Å². The van der Waals surface area contributed by atoms with Crippen LogP contribution in [0.1, 0.15) is 18.1 Å². The van der Waals surface area contributed by atoms with Gasteiger partial charge in [-0.3, -0.25) is 4.99 Å². The summed E-state index contributed by atoms with van der Waals surface area (Å²) in [4.78, 5) is 4.21. The van der Waals surface area contributed by atoms with Crippen LogP contribution in [0.5, 0.6) is 0 Å². The predicted molar refractivity (Wildman–Crippen MR) is 84.7 cm³/mol. The Morgan fingerprint density at radius 1 is 1.53 bits per heavy atom. The van der Waals surface area contributed by atoms with E-state index in [2.05, 4.69) is 15.6 Å². The number of hydrogen-bond acceptors (Lipinski definition) is 4. The predicted octanol–water partition coefficient (Wildman–Crippen LogP) is 2.07. The third kappa shape index (κ3) is 4.77. The van der Waals surface area contributed by atoms with Gasteiger partial charge in [0.1, 0.15) is 5.82 Å². The molecule has 19 heavy (non-hydrogen) atoms. The molecule has 0 radical (unpaired) electrons. The van der Waals surface area contributed by atoms with Crippen LogP contribution in [-0.2, 0) is 0 Å². The summed E-state index contributed by atoms with van der Waals surface area (Å²) in [6, 6.07) is 4.28. The summed E-state index contributed by atoms with van der Waals surface area (Å²) >= 11 is 5.58. The topological polar surface area (TPSA) is 56.6 Å². The second-order valence-electron chi connectivity index (χ2n) is 4.08. The molecule has 106 valence electrons. The molecule has 0 saturated carbocycles. The van der Waals surface area contributed by atoms with Gasteiger partial charge >= 0.3 is 0 Å². The van der Waals surface area contributed by atoms with E-state index in [4.69, 9.17) is 11.6 Å². The molecule has 1 atom stereocenters. The zero-order chi connectivity index (χ0) is 13.0.